The van der Waals surface area contributed by atoms with Crippen LogP contribution in [0.15, 0.2) is 72.1 Å². The number of aryl methyl sites for hydroxylation is 2. The number of nitrogens with one attached hydrogen (secondary N) is 1. The molecule has 8 heteroatoms. The fourth-order valence-electron chi connectivity index (χ4n) is 3.20. The van der Waals surface area contributed by atoms with Crippen molar-refractivity contribution in [1.82, 2.24) is 19.7 Å². The van der Waals surface area contributed by atoms with E-state index in [-0.39, 0.29) is 17.3 Å². The second-order valence-corrected chi connectivity index (χ2v) is 7.93. The van der Waals surface area contributed by atoms with Gasteiger partial charge in [-0.1, -0.05) is 41.6 Å². The molecule has 0 saturated carbocycles. The lowest BCUT2D eigenvalue weighted by Gasteiger charge is -2.13. The van der Waals surface area contributed by atoms with Crippen molar-refractivity contribution in [3.05, 3.63) is 83.9 Å². The van der Waals surface area contributed by atoms with E-state index >= 15 is 0 Å². The fourth-order valence-corrected chi connectivity index (χ4v) is 3.95. The van der Waals surface area contributed by atoms with Gasteiger partial charge in [0.05, 0.1) is 17.1 Å². The van der Waals surface area contributed by atoms with Crippen molar-refractivity contribution in [3.63, 3.8) is 0 Å². The van der Waals surface area contributed by atoms with E-state index in [2.05, 4.69) is 26.6 Å². The van der Waals surface area contributed by atoms with E-state index in [9.17, 15) is 9.18 Å². The predicted molar refractivity (Wildman–Crippen MR) is 120 cm³/mol. The van der Waals surface area contributed by atoms with Crippen molar-refractivity contribution < 1.29 is 9.18 Å². The number of halogens is 1. The summed E-state index contributed by atoms with van der Waals surface area (Å²) in [5.41, 5.74) is 4.16. The molecule has 0 saturated heterocycles. The molecule has 0 bridgehead atoms. The number of para-hydroxylation sites is 1. The average molecular weight is 434 g/mol. The van der Waals surface area contributed by atoms with Crippen LogP contribution < -0.4 is 5.32 Å². The molecule has 2 aromatic heterocycles. The fraction of sp³-hybridized carbons (Fsp3) is 0.130. The molecule has 0 radical (unpaired) electrons. The molecule has 1 amide bonds. The minimum absolute atomic E-state index is 0.0632. The molecular formula is C23H20FN5OS. The summed E-state index contributed by atoms with van der Waals surface area (Å²) in [5.74, 6) is -0.0744. The third-order valence-electron chi connectivity index (χ3n) is 4.65. The monoisotopic (exact) mass is 433 g/mol. The SMILES string of the molecule is Cc1ccc(-n2c(SCC(=O)Nc3ccccc3F)nnc2-c2ccncc2)c(C)c1. The largest absolute Gasteiger partial charge is 0.323 e. The van der Waals surface area contributed by atoms with Crippen molar-refractivity contribution in [1.29, 1.82) is 0 Å². The normalized spacial score (nSPS) is 10.8. The molecule has 1 N–H and O–H groups in total. The zero-order valence-electron chi connectivity index (χ0n) is 17.0. The lowest BCUT2D eigenvalue weighted by atomic mass is 10.1. The Labute approximate surface area is 183 Å². The standard InChI is InChI=1S/C23H20FN5OS/c1-15-7-8-20(16(2)13-15)29-22(17-9-11-25-12-10-17)27-28-23(29)31-14-21(30)26-19-6-4-3-5-18(19)24/h3-13H,14H2,1-2H3,(H,26,30). The minimum atomic E-state index is -0.473. The van der Waals surface area contributed by atoms with E-state index < -0.39 is 5.82 Å². The second-order valence-electron chi connectivity index (χ2n) is 6.98. The Morgan fingerprint density at radius 2 is 1.84 bits per heavy atom. The maximum atomic E-state index is 13.8. The highest BCUT2D eigenvalue weighted by Gasteiger charge is 2.19. The van der Waals surface area contributed by atoms with Gasteiger partial charge in [0.2, 0.25) is 5.91 Å². The van der Waals surface area contributed by atoms with Crippen LogP contribution >= 0.6 is 11.8 Å². The molecule has 2 aromatic carbocycles. The first-order valence-corrected chi connectivity index (χ1v) is 10.6. The van der Waals surface area contributed by atoms with Crippen LogP contribution in [0.2, 0.25) is 0 Å². The topological polar surface area (TPSA) is 72.7 Å². The highest BCUT2D eigenvalue weighted by Crippen LogP contribution is 2.29. The Hall–Kier alpha value is -3.52. The van der Waals surface area contributed by atoms with E-state index in [0.29, 0.717) is 11.0 Å². The number of carbonyl (C=O) groups excluding carboxylic acids is 1. The molecule has 0 unspecified atom stereocenters. The van der Waals surface area contributed by atoms with Gasteiger partial charge in [0.15, 0.2) is 11.0 Å². The van der Waals surface area contributed by atoms with Gasteiger partial charge in [-0.3, -0.25) is 14.3 Å². The molecule has 0 aliphatic heterocycles. The van der Waals surface area contributed by atoms with Gasteiger partial charge in [0.25, 0.3) is 0 Å². The molecule has 156 valence electrons. The number of aromatic nitrogens is 4. The Morgan fingerprint density at radius 1 is 1.06 bits per heavy atom. The second kappa shape index (κ2) is 9.09. The Kier molecular flexibility index (Phi) is 6.08. The van der Waals surface area contributed by atoms with Gasteiger partial charge >= 0.3 is 0 Å². The van der Waals surface area contributed by atoms with E-state index in [1.807, 2.05) is 42.7 Å². The smallest absolute Gasteiger partial charge is 0.234 e. The van der Waals surface area contributed by atoms with Gasteiger partial charge in [0.1, 0.15) is 5.82 Å². The molecule has 0 atom stereocenters. The summed E-state index contributed by atoms with van der Waals surface area (Å²) in [4.78, 5) is 16.5. The number of carbonyl (C=O) groups is 1. The van der Waals surface area contributed by atoms with Crippen LogP contribution in [0.4, 0.5) is 10.1 Å². The molecule has 31 heavy (non-hydrogen) atoms. The van der Waals surface area contributed by atoms with Gasteiger partial charge in [-0.15, -0.1) is 10.2 Å². The van der Waals surface area contributed by atoms with Crippen molar-refractivity contribution in [2.75, 3.05) is 11.1 Å². The number of nitrogens with zero attached hydrogens (tertiary/aromatic N) is 4. The molecule has 6 nitrogen and oxygen atoms in total. The van der Waals surface area contributed by atoms with Crippen LogP contribution in [0.5, 0.6) is 0 Å². The maximum absolute atomic E-state index is 13.8. The maximum Gasteiger partial charge on any atom is 0.234 e. The first-order valence-electron chi connectivity index (χ1n) is 9.63. The number of hydrogen-bond acceptors (Lipinski definition) is 5. The number of benzene rings is 2. The van der Waals surface area contributed by atoms with Crippen LogP contribution in [0.3, 0.4) is 0 Å². The van der Waals surface area contributed by atoms with Crippen molar-refractivity contribution in [2.24, 2.45) is 0 Å². The van der Waals surface area contributed by atoms with Gasteiger partial charge in [-0.25, -0.2) is 4.39 Å². The highest BCUT2D eigenvalue weighted by atomic mass is 32.2. The predicted octanol–water partition coefficient (Wildman–Crippen LogP) is 4.82. The summed E-state index contributed by atoms with van der Waals surface area (Å²) >= 11 is 1.24. The Balaban J connectivity index is 1.64. The third-order valence-corrected chi connectivity index (χ3v) is 5.57. The van der Waals surface area contributed by atoms with Crippen molar-refractivity contribution in [3.8, 4) is 17.1 Å². The lowest BCUT2D eigenvalue weighted by Crippen LogP contribution is -2.15. The zero-order valence-corrected chi connectivity index (χ0v) is 17.9. The average Bonchev–Trinajstić information content (AvgIpc) is 3.18. The summed E-state index contributed by atoms with van der Waals surface area (Å²) in [7, 11) is 0. The van der Waals surface area contributed by atoms with Gasteiger partial charge in [-0.05, 0) is 49.7 Å². The quantitative estimate of drug-likeness (QED) is 0.442. The number of anilines is 1. The molecule has 0 aliphatic rings. The van der Waals surface area contributed by atoms with E-state index in [1.54, 1.807) is 24.5 Å². The van der Waals surface area contributed by atoms with E-state index in [0.717, 1.165) is 22.4 Å². The van der Waals surface area contributed by atoms with Crippen LogP contribution in [-0.4, -0.2) is 31.4 Å². The van der Waals surface area contributed by atoms with Crippen molar-refractivity contribution in [2.45, 2.75) is 19.0 Å². The first-order chi connectivity index (χ1) is 15.0. The summed E-state index contributed by atoms with van der Waals surface area (Å²) in [5, 5.41) is 11.9. The molecular weight excluding hydrogens is 413 g/mol. The summed E-state index contributed by atoms with van der Waals surface area (Å²) in [6.07, 6.45) is 3.40. The van der Waals surface area contributed by atoms with Crippen LogP contribution in [-0.2, 0) is 4.79 Å². The number of amides is 1. The summed E-state index contributed by atoms with van der Waals surface area (Å²) in [6.45, 7) is 4.06. The Bertz CT molecular complexity index is 1230. The summed E-state index contributed by atoms with van der Waals surface area (Å²) in [6, 6.07) is 15.9. The zero-order chi connectivity index (χ0) is 21.8. The van der Waals surface area contributed by atoms with Crippen LogP contribution in [0, 0.1) is 19.7 Å². The molecule has 0 fully saturated rings. The van der Waals surface area contributed by atoms with Crippen molar-refractivity contribution >= 4 is 23.4 Å². The van der Waals surface area contributed by atoms with Crippen LogP contribution in [0.1, 0.15) is 11.1 Å². The highest BCUT2D eigenvalue weighted by molar-refractivity contribution is 7.99. The first kappa shape index (κ1) is 20.7. The summed E-state index contributed by atoms with van der Waals surface area (Å²) < 4.78 is 15.7. The number of rotatable bonds is 6. The lowest BCUT2D eigenvalue weighted by molar-refractivity contribution is -0.113. The Morgan fingerprint density at radius 3 is 2.58 bits per heavy atom. The molecule has 4 rings (SSSR count). The molecule has 2 heterocycles. The van der Waals surface area contributed by atoms with Gasteiger partial charge < -0.3 is 5.32 Å². The minimum Gasteiger partial charge on any atom is -0.323 e. The third kappa shape index (κ3) is 4.64. The molecule has 4 aromatic rings. The van der Waals surface area contributed by atoms with Gasteiger partial charge in [0, 0.05) is 18.0 Å². The molecule has 0 aliphatic carbocycles. The number of pyridine rings is 1. The van der Waals surface area contributed by atoms with E-state index in [4.69, 9.17) is 0 Å². The number of hydrogen-bond donors (Lipinski definition) is 1. The molecule has 0 spiro atoms. The van der Waals surface area contributed by atoms with Gasteiger partial charge in [-0.2, -0.15) is 0 Å². The number of thioether (sulfide) groups is 1. The van der Waals surface area contributed by atoms with E-state index in [1.165, 1.54) is 23.9 Å². The van der Waals surface area contributed by atoms with Crippen LogP contribution in [0.25, 0.3) is 17.1 Å².